The van der Waals surface area contributed by atoms with Crippen molar-refractivity contribution in [1.82, 2.24) is 9.80 Å². The zero-order valence-corrected chi connectivity index (χ0v) is 11.2. The van der Waals surface area contributed by atoms with Crippen LogP contribution in [0.15, 0.2) is 18.2 Å². The zero-order chi connectivity index (χ0) is 13.1. The van der Waals surface area contributed by atoms with Crippen LogP contribution in [0.1, 0.15) is 19.4 Å². The maximum atomic E-state index is 13.7. The van der Waals surface area contributed by atoms with Crippen molar-refractivity contribution in [1.29, 1.82) is 0 Å². The van der Waals surface area contributed by atoms with E-state index in [1.807, 2.05) is 0 Å². The third-order valence-corrected chi connectivity index (χ3v) is 3.67. The number of halogens is 1. The van der Waals surface area contributed by atoms with Gasteiger partial charge in [-0.3, -0.25) is 9.80 Å². The van der Waals surface area contributed by atoms with Crippen molar-refractivity contribution in [2.45, 2.75) is 26.4 Å². The van der Waals surface area contributed by atoms with Crippen molar-refractivity contribution in [2.75, 3.05) is 31.9 Å². The van der Waals surface area contributed by atoms with E-state index in [4.69, 9.17) is 5.73 Å². The number of hydrogen-bond acceptors (Lipinski definition) is 3. The van der Waals surface area contributed by atoms with Crippen molar-refractivity contribution in [3.05, 3.63) is 29.6 Å². The molecule has 1 aromatic carbocycles. The molecule has 0 spiro atoms. The van der Waals surface area contributed by atoms with Gasteiger partial charge >= 0.3 is 0 Å². The van der Waals surface area contributed by atoms with Crippen molar-refractivity contribution in [3.8, 4) is 0 Å². The highest BCUT2D eigenvalue weighted by Crippen LogP contribution is 2.19. The number of nitrogen functional groups attached to an aromatic ring is 1. The van der Waals surface area contributed by atoms with Gasteiger partial charge in [-0.25, -0.2) is 4.39 Å². The van der Waals surface area contributed by atoms with Crippen LogP contribution in [0, 0.1) is 5.82 Å². The van der Waals surface area contributed by atoms with Crippen LogP contribution in [0.3, 0.4) is 0 Å². The average Bonchev–Trinajstić information content (AvgIpc) is 2.34. The van der Waals surface area contributed by atoms with Gasteiger partial charge < -0.3 is 5.73 Å². The second kappa shape index (κ2) is 5.67. The minimum atomic E-state index is -0.193. The van der Waals surface area contributed by atoms with Gasteiger partial charge in [0.1, 0.15) is 5.82 Å². The van der Waals surface area contributed by atoms with Gasteiger partial charge in [-0.2, -0.15) is 0 Å². The molecule has 3 nitrogen and oxygen atoms in total. The molecule has 0 bridgehead atoms. The Bertz CT molecular complexity index is 378. The maximum absolute atomic E-state index is 13.7. The molecule has 1 fully saturated rings. The summed E-state index contributed by atoms with van der Waals surface area (Å²) in [5.41, 5.74) is 7.03. The monoisotopic (exact) mass is 251 g/mol. The van der Waals surface area contributed by atoms with Crippen molar-refractivity contribution in [2.24, 2.45) is 0 Å². The summed E-state index contributed by atoms with van der Waals surface area (Å²) in [7, 11) is 0. The highest BCUT2D eigenvalue weighted by molar-refractivity contribution is 5.47. The highest BCUT2D eigenvalue weighted by atomic mass is 19.1. The van der Waals surface area contributed by atoms with E-state index < -0.39 is 0 Å². The molecule has 1 aliphatic rings. The van der Waals surface area contributed by atoms with Crippen LogP contribution in [0.25, 0.3) is 0 Å². The molecule has 1 aliphatic heterocycles. The predicted molar refractivity (Wildman–Crippen MR) is 72.8 cm³/mol. The van der Waals surface area contributed by atoms with Gasteiger partial charge in [0.25, 0.3) is 0 Å². The SMILES string of the molecule is CC(C)N1CCN(Cc2c(N)cccc2F)CC1. The van der Waals surface area contributed by atoms with Crippen LogP contribution in [-0.4, -0.2) is 42.0 Å². The van der Waals surface area contributed by atoms with Crippen LogP contribution < -0.4 is 5.73 Å². The molecule has 0 aliphatic carbocycles. The van der Waals surface area contributed by atoms with E-state index in [9.17, 15) is 4.39 Å². The molecule has 0 aromatic heterocycles. The van der Waals surface area contributed by atoms with E-state index in [0.29, 0.717) is 23.8 Å². The molecule has 18 heavy (non-hydrogen) atoms. The second-order valence-corrected chi connectivity index (χ2v) is 5.21. The maximum Gasteiger partial charge on any atom is 0.129 e. The third kappa shape index (κ3) is 3.00. The van der Waals surface area contributed by atoms with E-state index in [1.54, 1.807) is 12.1 Å². The van der Waals surface area contributed by atoms with Gasteiger partial charge in [-0.1, -0.05) is 6.07 Å². The topological polar surface area (TPSA) is 32.5 Å². The number of piperazine rings is 1. The summed E-state index contributed by atoms with van der Waals surface area (Å²) in [5, 5.41) is 0. The summed E-state index contributed by atoms with van der Waals surface area (Å²) in [6, 6.07) is 5.50. The number of anilines is 1. The normalized spacial score (nSPS) is 18.4. The Morgan fingerprint density at radius 3 is 2.44 bits per heavy atom. The smallest absolute Gasteiger partial charge is 0.129 e. The van der Waals surface area contributed by atoms with Crippen LogP contribution in [0.4, 0.5) is 10.1 Å². The molecule has 2 N–H and O–H groups in total. The minimum Gasteiger partial charge on any atom is -0.398 e. The quantitative estimate of drug-likeness (QED) is 0.833. The Morgan fingerprint density at radius 1 is 1.22 bits per heavy atom. The second-order valence-electron chi connectivity index (χ2n) is 5.21. The highest BCUT2D eigenvalue weighted by Gasteiger charge is 2.20. The van der Waals surface area contributed by atoms with E-state index in [1.165, 1.54) is 6.07 Å². The molecule has 0 saturated carbocycles. The Kier molecular flexibility index (Phi) is 4.19. The number of nitrogens with two attached hydrogens (primary N) is 1. The fourth-order valence-corrected chi connectivity index (χ4v) is 2.40. The van der Waals surface area contributed by atoms with Gasteiger partial charge in [0.05, 0.1) is 0 Å². The molecule has 2 rings (SSSR count). The van der Waals surface area contributed by atoms with Crippen molar-refractivity contribution >= 4 is 5.69 Å². The molecule has 0 amide bonds. The first-order valence-electron chi connectivity index (χ1n) is 6.57. The van der Waals surface area contributed by atoms with E-state index in [2.05, 4.69) is 23.6 Å². The van der Waals surface area contributed by atoms with Crippen LogP contribution in [0.2, 0.25) is 0 Å². The number of rotatable bonds is 3. The third-order valence-electron chi connectivity index (χ3n) is 3.67. The zero-order valence-electron chi connectivity index (χ0n) is 11.2. The summed E-state index contributed by atoms with van der Waals surface area (Å²) >= 11 is 0. The molecule has 1 saturated heterocycles. The summed E-state index contributed by atoms with van der Waals surface area (Å²) < 4.78 is 13.7. The lowest BCUT2D eigenvalue weighted by Crippen LogP contribution is -2.48. The Morgan fingerprint density at radius 2 is 1.89 bits per heavy atom. The van der Waals surface area contributed by atoms with Gasteiger partial charge in [-0.15, -0.1) is 0 Å². The summed E-state index contributed by atoms with van der Waals surface area (Å²) in [6.07, 6.45) is 0. The predicted octanol–water partition coefficient (Wildman–Crippen LogP) is 1.93. The molecule has 100 valence electrons. The van der Waals surface area contributed by atoms with Gasteiger partial charge in [0.2, 0.25) is 0 Å². The molecular formula is C14H22FN3. The fraction of sp³-hybridized carbons (Fsp3) is 0.571. The number of nitrogens with zero attached hydrogens (tertiary/aromatic N) is 2. The van der Waals surface area contributed by atoms with E-state index in [-0.39, 0.29) is 5.82 Å². The molecular weight excluding hydrogens is 229 g/mol. The molecule has 1 heterocycles. The summed E-state index contributed by atoms with van der Waals surface area (Å²) in [6.45, 7) is 9.09. The lowest BCUT2D eigenvalue weighted by molar-refractivity contribution is 0.103. The van der Waals surface area contributed by atoms with Crippen LogP contribution >= 0.6 is 0 Å². The number of benzene rings is 1. The lowest BCUT2D eigenvalue weighted by atomic mass is 10.1. The van der Waals surface area contributed by atoms with Crippen LogP contribution in [0.5, 0.6) is 0 Å². The Labute approximate surface area is 108 Å². The first kappa shape index (κ1) is 13.3. The first-order chi connectivity index (χ1) is 8.58. The molecule has 0 atom stereocenters. The van der Waals surface area contributed by atoms with Gasteiger partial charge in [-0.05, 0) is 26.0 Å². The molecule has 0 radical (unpaired) electrons. The fourth-order valence-electron chi connectivity index (χ4n) is 2.40. The largest absolute Gasteiger partial charge is 0.398 e. The number of hydrogen-bond donors (Lipinski definition) is 1. The Balaban J connectivity index is 1.96. The average molecular weight is 251 g/mol. The lowest BCUT2D eigenvalue weighted by Gasteiger charge is -2.37. The molecule has 0 unspecified atom stereocenters. The van der Waals surface area contributed by atoms with Crippen molar-refractivity contribution in [3.63, 3.8) is 0 Å². The summed E-state index contributed by atoms with van der Waals surface area (Å²) in [5.74, 6) is -0.193. The van der Waals surface area contributed by atoms with Gasteiger partial charge in [0.15, 0.2) is 0 Å². The molecule has 4 heteroatoms. The van der Waals surface area contributed by atoms with E-state index >= 15 is 0 Å². The van der Waals surface area contributed by atoms with E-state index in [0.717, 1.165) is 26.2 Å². The van der Waals surface area contributed by atoms with Gasteiger partial charge in [0, 0.05) is 50.0 Å². The standard InChI is InChI=1S/C14H22FN3/c1-11(2)18-8-6-17(7-9-18)10-12-13(15)4-3-5-14(12)16/h3-5,11H,6-10,16H2,1-2H3. The first-order valence-corrected chi connectivity index (χ1v) is 6.57. The van der Waals surface area contributed by atoms with Crippen LogP contribution in [-0.2, 0) is 6.54 Å². The van der Waals surface area contributed by atoms with Crippen molar-refractivity contribution < 1.29 is 4.39 Å². The molecule has 1 aromatic rings. The summed E-state index contributed by atoms with van der Waals surface area (Å²) in [4.78, 5) is 4.72. The Hall–Kier alpha value is -1.13. The minimum absolute atomic E-state index is 0.193.